The molecule has 5 heteroatoms. The monoisotopic (exact) mass is 224 g/mol. The van der Waals surface area contributed by atoms with E-state index < -0.39 is 0 Å². The molecule has 1 aliphatic rings. The summed E-state index contributed by atoms with van der Waals surface area (Å²) in [6, 6.07) is 6.82. The summed E-state index contributed by atoms with van der Waals surface area (Å²) in [5.74, 6) is 0. The molecule has 1 aromatic rings. The van der Waals surface area contributed by atoms with Crippen molar-refractivity contribution in [3.8, 4) is 0 Å². The lowest BCUT2D eigenvalue weighted by atomic mass is 10.2. The highest BCUT2D eigenvalue weighted by molar-refractivity contribution is 8.00. The molecule has 2 unspecified atom stereocenters. The minimum Gasteiger partial charge on any atom is -0.301 e. The van der Waals surface area contributed by atoms with Gasteiger partial charge in [-0.15, -0.1) is 11.8 Å². The molecule has 1 saturated heterocycles. The molecule has 1 N–H and O–H groups in total. The standard InChI is InChI=1S/C10H12N2O2S/c1-7-6-11-10(15-7)8-3-2-4-9(5-8)12(13)14/h2-5,7,10-11H,6H2,1H3. The Bertz CT molecular complexity index is 383. The van der Waals surface area contributed by atoms with Crippen LogP contribution in [-0.2, 0) is 0 Å². The number of thioether (sulfide) groups is 1. The van der Waals surface area contributed by atoms with Gasteiger partial charge in [-0.05, 0) is 5.56 Å². The van der Waals surface area contributed by atoms with Crippen LogP contribution in [0.1, 0.15) is 17.9 Å². The molecule has 0 bridgehead atoms. The van der Waals surface area contributed by atoms with Gasteiger partial charge in [0.05, 0.1) is 10.3 Å². The van der Waals surface area contributed by atoms with E-state index in [0.717, 1.165) is 12.1 Å². The van der Waals surface area contributed by atoms with Crippen LogP contribution in [0.4, 0.5) is 5.69 Å². The van der Waals surface area contributed by atoms with Gasteiger partial charge in [0.15, 0.2) is 0 Å². The second-order valence-corrected chi connectivity index (χ2v) is 5.14. The fourth-order valence-electron chi connectivity index (χ4n) is 1.60. The Balaban J connectivity index is 2.21. The van der Waals surface area contributed by atoms with Crippen LogP contribution < -0.4 is 5.32 Å². The molecule has 0 radical (unpaired) electrons. The van der Waals surface area contributed by atoms with Gasteiger partial charge in [-0.3, -0.25) is 10.1 Å². The molecule has 1 aliphatic heterocycles. The molecule has 80 valence electrons. The molecule has 2 rings (SSSR count). The van der Waals surface area contributed by atoms with Crippen molar-refractivity contribution < 1.29 is 4.92 Å². The molecule has 0 amide bonds. The van der Waals surface area contributed by atoms with Gasteiger partial charge >= 0.3 is 0 Å². The molecule has 1 heterocycles. The Morgan fingerprint density at radius 3 is 3.00 bits per heavy atom. The summed E-state index contributed by atoms with van der Waals surface area (Å²) in [5.41, 5.74) is 1.15. The van der Waals surface area contributed by atoms with Crippen molar-refractivity contribution in [1.82, 2.24) is 5.32 Å². The van der Waals surface area contributed by atoms with Gasteiger partial charge < -0.3 is 5.32 Å². The number of nitro benzene ring substituents is 1. The van der Waals surface area contributed by atoms with E-state index in [0.29, 0.717) is 5.25 Å². The lowest BCUT2D eigenvalue weighted by molar-refractivity contribution is -0.384. The average Bonchev–Trinajstić information content (AvgIpc) is 2.65. The maximum absolute atomic E-state index is 10.6. The maximum Gasteiger partial charge on any atom is 0.269 e. The lowest BCUT2D eigenvalue weighted by Gasteiger charge is -2.09. The first-order valence-electron chi connectivity index (χ1n) is 4.80. The first-order chi connectivity index (χ1) is 7.16. The summed E-state index contributed by atoms with van der Waals surface area (Å²) in [4.78, 5) is 10.3. The average molecular weight is 224 g/mol. The largest absolute Gasteiger partial charge is 0.301 e. The summed E-state index contributed by atoms with van der Waals surface area (Å²) in [6.07, 6.45) is 0. The van der Waals surface area contributed by atoms with Crippen LogP contribution in [0.5, 0.6) is 0 Å². The summed E-state index contributed by atoms with van der Waals surface area (Å²) < 4.78 is 0. The minimum absolute atomic E-state index is 0.162. The van der Waals surface area contributed by atoms with Crippen molar-refractivity contribution >= 4 is 17.4 Å². The van der Waals surface area contributed by atoms with Crippen molar-refractivity contribution in [2.24, 2.45) is 0 Å². The van der Waals surface area contributed by atoms with Crippen molar-refractivity contribution in [2.45, 2.75) is 17.5 Å². The number of benzene rings is 1. The molecule has 0 aromatic heterocycles. The van der Waals surface area contributed by atoms with Gasteiger partial charge in [-0.1, -0.05) is 19.1 Å². The Morgan fingerprint density at radius 1 is 1.60 bits per heavy atom. The van der Waals surface area contributed by atoms with E-state index in [4.69, 9.17) is 0 Å². The molecule has 0 saturated carbocycles. The van der Waals surface area contributed by atoms with Crippen LogP contribution >= 0.6 is 11.8 Å². The Morgan fingerprint density at radius 2 is 2.40 bits per heavy atom. The highest BCUT2D eigenvalue weighted by atomic mass is 32.2. The highest BCUT2D eigenvalue weighted by Crippen LogP contribution is 2.35. The third kappa shape index (κ3) is 2.30. The van der Waals surface area contributed by atoms with Gasteiger partial charge in [0.25, 0.3) is 5.69 Å². The van der Waals surface area contributed by atoms with Crippen LogP contribution in [0.15, 0.2) is 24.3 Å². The minimum atomic E-state index is -0.355. The second kappa shape index (κ2) is 4.20. The molecule has 4 nitrogen and oxygen atoms in total. The molecule has 0 spiro atoms. The van der Waals surface area contributed by atoms with Gasteiger partial charge in [-0.2, -0.15) is 0 Å². The zero-order valence-corrected chi connectivity index (χ0v) is 9.16. The van der Waals surface area contributed by atoms with Crippen LogP contribution in [0.2, 0.25) is 0 Å². The van der Waals surface area contributed by atoms with E-state index in [-0.39, 0.29) is 16.0 Å². The fourth-order valence-corrected chi connectivity index (χ4v) is 2.75. The number of rotatable bonds is 2. The predicted molar refractivity (Wildman–Crippen MR) is 60.9 cm³/mol. The molecular weight excluding hydrogens is 212 g/mol. The SMILES string of the molecule is CC1CNC(c2cccc([N+](=O)[O-])c2)S1. The first kappa shape index (κ1) is 10.4. The number of hydrogen-bond acceptors (Lipinski definition) is 4. The van der Waals surface area contributed by atoms with Crippen molar-refractivity contribution in [1.29, 1.82) is 0 Å². The number of nitrogens with zero attached hydrogens (tertiary/aromatic N) is 1. The smallest absolute Gasteiger partial charge is 0.269 e. The Labute approximate surface area is 92.2 Å². The number of nitrogens with one attached hydrogen (secondary N) is 1. The second-order valence-electron chi connectivity index (χ2n) is 3.59. The summed E-state index contributed by atoms with van der Waals surface area (Å²) in [7, 11) is 0. The summed E-state index contributed by atoms with van der Waals surface area (Å²) in [5, 5.41) is 14.7. The van der Waals surface area contributed by atoms with Crippen LogP contribution in [0.3, 0.4) is 0 Å². The van der Waals surface area contributed by atoms with E-state index in [1.165, 1.54) is 6.07 Å². The Hall–Kier alpha value is -1.07. The normalized spacial score (nSPS) is 25.4. The molecule has 15 heavy (non-hydrogen) atoms. The molecule has 0 aliphatic carbocycles. The van der Waals surface area contributed by atoms with E-state index in [1.54, 1.807) is 23.9 Å². The van der Waals surface area contributed by atoms with Crippen LogP contribution in [0.25, 0.3) is 0 Å². The van der Waals surface area contributed by atoms with Gasteiger partial charge in [0, 0.05) is 23.9 Å². The first-order valence-corrected chi connectivity index (χ1v) is 5.74. The van der Waals surface area contributed by atoms with Gasteiger partial charge in [0.1, 0.15) is 0 Å². The third-order valence-electron chi connectivity index (χ3n) is 2.34. The molecule has 2 atom stereocenters. The topological polar surface area (TPSA) is 55.2 Å². The number of non-ortho nitro benzene ring substituents is 1. The summed E-state index contributed by atoms with van der Waals surface area (Å²) >= 11 is 1.81. The molecule has 1 aromatic carbocycles. The number of nitro groups is 1. The van der Waals surface area contributed by atoms with E-state index in [2.05, 4.69) is 12.2 Å². The van der Waals surface area contributed by atoms with Gasteiger partial charge in [-0.25, -0.2) is 0 Å². The quantitative estimate of drug-likeness (QED) is 0.618. The van der Waals surface area contributed by atoms with Crippen molar-refractivity contribution in [3.63, 3.8) is 0 Å². The maximum atomic E-state index is 10.6. The third-order valence-corrected chi connectivity index (χ3v) is 3.69. The number of hydrogen-bond donors (Lipinski definition) is 1. The van der Waals surface area contributed by atoms with Crippen molar-refractivity contribution in [2.75, 3.05) is 6.54 Å². The van der Waals surface area contributed by atoms with E-state index in [9.17, 15) is 10.1 Å². The zero-order valence-electron chi connectivity index (χ0n) is 8.34. The van der Waals surface area contributed by atoms with E-state index >= 15 is 0 Å². The van der Waals surface area contributed by atoms with Crippen LogP contribution in [-0.4, -0.2) is 16.7 Å². The summed E-state index contributed by atoms with van der Waals surface area (Å²) in [6.45, 7) is 3.10. The Kier molecular flexibility index (Phi) is 2.93. The highest BCUT2D eigenvalue weighted by Gasteiger charge is 2.23. The zero-order chi connectivity index (χ0) is 10.8. The van der Waals surface area contributed by atoms with Crippen molar-refractivity contribution in [3.05, 3.63) is 39.9 Å². The molecular formula is C10H12N2O2S. The fraction of sp³-hybridized carbons (Fsp3) is 0.400. The van der Waals surface area contributed by atoms with Gasteiger partial charge in [0.2, 0.25) is 0 Å². The van der Waals surface area contributed by atoms with E-state index in [1.807, 2.05) is 6.07 Å². The lowest BCUT2D eigenvalue weighted by Crippen LogP contribution is -2.13. The molecule has 1 fully saturated rings. The predicted octanol–water partition coefficient (Wildman–Crippen LogP) is 2.32. The van der Waals surface area contributed by atoms with Crippen LogP contribution in [0, 0.1) is 10.1 Å².